The number of aryl methyl sites for hydroxylation is 2. The van der Waals surface area contributed by atoms with E-state index in [-0.39, 0.29) is 17.4 Å². The standard InChI is InChI=1S/C29H30N4O3/c1-20-16-23(29(35)36-4)10-11-27(20)33-21(2)17-24(22(33)3)18-25(19-30)28(34)32-14-12-31(13-15-32)26-8-6-5-7-9-26/h5-11,16-18H,12-15H2,1-4H3/b25-18-. The lowest BCUT2D eigenvalue weighted by atomic mass is 10.1. The Morgan fingerprint density at radius 2 is 1.67 bits per heavy atom. The number of para-hydroxylation sites is 1. The number of benzene rings is 2. The quantitative estimate of drug-likeness (QED) is 0.305. The van der Waals surface area contributed by atoms with E-state index in [0.717, 1.165) is 47.0 Å². The fourth-order valence-electron chi connectivity index (χ4n) is 4.73. The number of ether oxygens (including phenoxy) is 1. The second kappa shape index (κ2) is 10.5. The van der Waals surface area contributed by atoms with Crippen LogP contribution in [0.4, 0.5) is 5.69 Å². The van der Waals surface area contributed by atoms with Crippen LogP contribution in [0.15, 0.2) is 60.2 Å². The van der Waals surface area contributed by atoms with Crippen LogP contribution < -0.4 is 4.90 Å². The van der Waals surface area contributed by atoms with Crippen molar-refractivity contribution in [3.63, 3.8) is 0 Å². The van der Waals surface area contributed by atoms with Crippen LogP contribution in [0.3, 0.4) is 0 Å². The second-order valence-corrected chi connectivity index (χ2v) is 8.94. The number of nitrogens with zero attached hydrogens (tertiary/aromatic N) is 4. The number of hydrogen-bond donors (Lipinski definition) is 0. The number of carbonyl (C=O) groups excluding carboxylic acids is 2. The zero-order valence-electron chi connectivity index (χ0n) is 21.1. The Balaban J connectivity index is 1.55. The third kappa shape index (κ3) is 4.89. The van der Waals surface area contributed by atoms with Crippen LogP contribution in [0.25, 0.3) is 11.8 Å². The molecule has 2 heterocycles. The lowest BCUT2D eigenvalue weighted by Gasteiger charge is -2.36. The third-order valence-corrected chi connectivity index (χ3v) is 6.67. The molecule has 0 saturated carbocycles. The molecule has 0 bridgehead atoms. The molecule has 1 amide bonds. The van der Waals surface area contributed by atoms with Gasteiger partial charge in [0.25, 0.3) is 5.91 Å². The minimum Gasteiger partial charge on any atom is -0.465 e. The first-order chi connectivity index (χ1) is 17.3. The lowest BCUT2D eigenvalue weighted by molar-refractivity contribution is -0.126. The smallest absolute Gasteiger partial charge is 0.337 e. The lowest BCUT2D eigenvalue weighted by Crippen LogP contribution is -2.49. The Bertz CT molecular complexity index is 1360. The van der Waals surface area contributed by atoms with E-state index in [1.807, 2.05) is 51.1 Å². The number of methoxy groups -OCH3 is 1. The van der Waals surface area contributed by atoms with Gasteiger partial charge in [-0.25, -0.2) is 4.79 Å². The minimum absolute atomic E-state index is 0.126. The Hall–Kier alpha value is -4.31. The molecule has 1 aliphatic heterocycles. The molecule has 0 unspecified atom stereocenters. The second-order valence-electron chi connectivity index (χ2n) is 8.94. The average molecular weight is 483 g/mol. The topological polar surface area (TPSA) is 78.6 Å². The van der Waals surface area contributed by atoms with Gasteiger partial charge in [-0.05, 0) is 74.4 Å². The number of carbonyl (C=O) groups is 2. The summed E-state index contributed by atoms with van der Waals surface area (Å²) in [5.74, 6) is -0.621. The molecular formula is C29H30N4O3. The van der Waals surface area contributed by atoms with Crippen LogP contribution in [0, 0.1) is 32.1 Å². The fourth-order valence-corrected chi connectivity index (χ4v) is 4.73. The van der Waals surface area contributed by atoms with Crippen LogP contribution in [0.5, 0.6) is 0 Å². The predicted octanol–water partition coefficient (Wildman–Crippen LogP) is 4.44. The van der Waals surface area contributed by atoms with E-state index in [4.69, 9.17) is 4.74 Å². The number of esters is 1. The summed E-state index contributed by atoms with van der Waals surface area (Å²) in [5.41, 5.74) is 6.30. The molecule has 1 saturated heterocycles. The van der Waals surface area contributed by atoms with Crippen LogP contribution >= 0.6 is 0 Å². The van der Waals surface area contributed by atoms with Crippen molar-refractivity contribution in [3.05, 3.63) is 88.2 Å². The van der Waals surface area contributed by atoms with E-state index >= 15 is 0 Å². The van der Waals surface area contributed by atoms with E-state index in [1.165, 1.54) is 7.11 Å². The van der Waals surface area contributed by atoms with Gasteiger partial charge >= 0.3 is 5.97 Å². The van der Waals surface area contributed by atoms with Crippen LogP contribution in [0.2, 0.25) is 0 Å². The molecule has 3 aromatic rings. The zero-order valence-corrected chi connectivity index (χ0v) is 21.1. The largest absolute Gasteiger partial charge is 0.465 e. The van der Waals surface area contributed by atoms with Crippen molar-refractivity contribution in [1.29, 1.82) is 5.26 Å². The highest BCUT2D eigenvalue weighted by Gasteiger charge is 2.24. The molecular weight excluding hydrogens is 452 g/mol. The molecule has 7 heteroatoms. The fraction of sp³-hybridized carbons (Fsp3) is 0.276. The first-order valence-corrected chi connectivity index (χ1v) is 11.9. The molecule has 1 aromatic heterocycles. The Kier molecular flexibility index (Phi) is 7.25. The zero-order chi connectivity index (χ0) is 25.8. The van der Waals surface area contributed by atoms with E-state index in [2.05, 4.69) is 27.7 Å². The van der Waals surface area contributed by atoms with E-state index in [1.54, 1.807) is 23.1 Å². The van der Waals surface area contributed by atoms with Gasteiger partial charge in [-0.1, -0.05) is 18.2 Å². The molecule has 1 fully saturated rings. The van der Waals surface area contributed by atoms with E-state index in [9.17, 15) is 14.9 Å². The molecule has 0 atom stereocenters. The number of piperazine rings is 1. The number of anilines is 1. The first kappa shape index (κ1) is 24.8. The molecule has 0 N–H and O–H groups in total. The molecule has 0 aliphatic carbocycles. The summed E-state index contributed by atoms with van der Waals surface area (Å²) in [6, 6.07) is 19.7. The van der Waals surface area contributed by atoms with Crippen molar-refractivity contribution in [2.75, 3.05) is 38.2 Å². The van der Waals surface area contributed by atoms with Gasteiger partial charge in [0.2, 0.25) is 0 Å². The Morgan fingerprint density at radius 3 is 2.28 bits per heavy atom. The normalized spacial score (nSPS) is 13.9. The molecule has 7 nitrogen and oxygen atoms in total. The monoisotopic (exact) mass is 482 g/mol. The Morgan fingerprint density at radius 1 is 0.972 bits per heavy atom. The molecule has 184 valence electrons. The van der Waals surface area contributed by atoms with Crippen molar-refractivity contribution in [1.82, 2.24) is 9.47 Å². The number of rotatable bonds is 5. The van der Waals surface area contributed by atoms with Crippen molar-refractivity contribution in [2.24, 2.45) is 0 Å². The SMILES string of the molecule is COC(=O)c1ccc(-n2c(C)cc(/C=C(/C#N)C(=O)N3CCN(c4ccccc4)CC3)c2C)c(C)c1. The van der Waals surface area contributed by atoms with E-state index in [0.29, 0.717) is 18.7 Å². The van der Waals surface area contributed by atoms with Crippen LogP contribution in [-0.4, -0.2) is 54.6 Å². The average Bonchev–Trinajstić information content (AvgIpc) is 3.19. The summed E-state index contributed by atoms with van der Waals surface area (Å²) in [6.07, 6.45) is 1.68. The summed E-state index contributed by atoms with van der Waals surface area (Å²) in [4.78, 5) is 29.1. The molecule has 36 heavy (non-hydrogen) atoms. The summed E-state index contributed by atoms with van der Waals surface area (Å²) >= 11 is 0. The predicted molar refractivity (Wildman–Crippen MR) is 140 cm³/mol. The summed E-state index contributed by atoms with van der Waals surface area (Å²) in [7, 11) is 1.36. The van der Waals surface area contributed by atoms with Crippen molar-refractivity contribution in [3.8, 4) is 11.8 Å². The number of nitriles is 1. The summed E-state index contributed by atoms with van der Waals surface area (Å²) < 4.78 is 6.89. The maximum Gasteiger partial charge on any atom is 0.337 e. The molecule has 2 aromatic carbocycles. The number of aromatic nitrogens is 1. The highest BCUT2D eigenvalue weighted by atomic mass is 16.5. The van der Waals surface area contributed by atoms with Gasteiger partial charge in [-0.15, -0.1) is 0 Å². The van der Waals surface area contributed by atoms with Gasteiger partial charge in [0.1, 0.15) is 11.6 Å². The molecule has 0 radical (unpaired) electrons. The van der Waals surface area contributed by atoms with Crippen LogP contribution in [-0.2, 0) is 9.53 Å². The van der Waals surface area contributed by atoms with Crippen LogP contribution in [0.1, 0.15) is 32.9 Å². The maximum atomic E-state index is 13.2. The van der Waals surface area contributed by atoms with Crippen molar-refractivity contribution < 1.29 is 14.3 Å². The highest BCUT2D eigenvalue weighted by molar-refractivity contribution is 6.02. The van der Waals surface area contributed by atoms with Gasteiger partial charge < -0.3 is 19.1 Å². The van der Waals surface area contributed by atoms with Gasteiger partial charge in [0, 0.05) is 48.9 Å². The highest BCUT2D eigenvalue weighted by Crippen LogP contribution is 2.26. The van der Waals surface area contributed by atoms with Gasteiger partial charge in [-0.2, -0.15) is 5.26 Å². The van der Waals surface area contributed by atoms with Crippen molar-refractivity contribution in [2.45, 2.75) is 20.8 Å². The summed E-state index contributed by atoms with van der Waals surface area (Å²) in [5, 5.41) is 9.83. The minimum atomic E-state index is -0.379. The third-order valence-electron chi connectivity index (χ3n) is 6.67. The molecule has 4 rings (SSSR count). The Labute approximate surface area is 211 Å². The first-order valence-electron chi connectivity index (χ1n) is 11.9. The molecule has 0 spiro atoms. The number of amides is 1. The summed E-state index contributed by atoms with van der Waals surface area (Å²) in [6.45, 7) is 8.47. The maximum absolute atomic E-state index is 13.2. The number of hydrogen-bond acceptors (Lipinski definition) is 5. The van der Waals surface area contributed by atoms with Gasteiger partial charge in [0.05, 0.1) is 12.7 Å². The molecule has 1 aliphatic rings. The van der Waals surface area contributed by atoms with E-state index < -0.39 is 0 Å². The van der Waals surface area contributed by atoms with Crippen molar-refractivity contribution >= 4 is 23.6 Å². The van der Waals surface area contributed by atoms with Gasteiger partial charge in [-0.3, -0.25) is 4.79 Å². The van der Waals surface area contributed by atoms with Gasteiger partial charge in [0.15, 0.2) is 0 Å².